The Morgan fingerprint density at radius 1 is 1.17 bits per heavy atom. The Hall–Kier alpha value is -2.28. The monoisotopic (exact) mass is 401 g/mol. The second-order valence-corrected chi connectivity index (χ2v) is 7.81. The minimum absolute atomic E-state index is 0.201. The first kappa shape index (κ1) is 21.4. The van der Waals surface area contributed by atoms with Crippen LogP contribution in [0.5, 0.6) is 0 Å². The van der Waals surface area contributed by atoms with E-state index in [2.05, 4.69) is 50.9 Å². The molecule has 0 radical (unpaired) electrons. The van der Waals surface area contributed by atoms with Crippen molar-refractivity contribution >= 4 is 12.1 Å². The van der Waals surface area contributed by atoms with Gasteiger partial charge in [0.1, 0.15) is 0 Å². The van der Waals surface area contributed by atoms with E-state index in [0.717, 1.165) is 51.5 Å². The summed E-state index contributed by atoms with van der Waals surface area (Å²) in [5, 5.41) is 7.05. The number of aliphatic imine (C=N–C) groups is 1. The molecule has 3 rings (SSSR count). The molecule has 1 amide bonds. The van der Waals surface area contributed by atoms with E-state index in [1.165, 1.54) is 18.4 Å². The normalized spacial score (nSPS) is 21.2. The molecule has 2 fully saturated rings. The SMILES string of the molecule is CCOC(=O)N1CCC(NC(=NC)NCC2CCCN2Cc2ccccc2)CC1. The molecule has 2 heterocycles. The number of nitrogens with one attached hydrogen (secondary N) is 2. The Morgan fingerprint density at radius 2 is 1.93 bits per heavy atom. The maximum absolute atomic E-state index is 11.8. The largest absolute Gasteiger partial charge is 0.450 e. The molecule has 1 unspecified atom stereocenters. The van der Waals surface area contributed by atoms with Gasteiger partial charge in [0.05, 0.1) is 6.61 Å². The van der Waals surface area contributed by atoms with Crippen LogP contribution < -0.4 is 10.6 Å². The first-order valence-electron chi connectivity index (χ1n) is 10.9. The van der Waals surface area contributed by atoms with Crippen LogP contribution in [0.15, 0.2) is 35.3 Å². The first-order valence-corrected chi connectivity index (χ1v) is 10.9. The predicted octanol–water partition coefficient (Wildman–Crippen LogP) is 2.44. The standard InChI is InChI=1S/C22H35N5O2/c1-3-29-22(28)26-14-11-19(12-15-26)25-21(23-2)24-16-20-10-7-13-27(20)17-18-8-5-4-6-9-18/h4-6,8-9,19-20H,3,7,10-17H2,1-2H3,(H2,23,24,25). The van der Waals surface area contributed by atoms with Crippen LogP contribution in [0.25, 0.3) is 0 Å². The molecule has 7 heteroatoms. The van der Waals surface area contributed by atoms with Gasteiger partial charge in [-0.25, -0.2) is 4.79 Å². The highest BCUT2D eigenvalue weighted by Gasteiger charge is 2.26. The quantitative estimate of drug-likeness (QED) is 0.566. The molecule has 29 heavy (non-hydrogen) atoms. The van der Waals surface area contributed by atoms with Crippen molar-refractivity contribution in [2.75, 3.05) is 39.8 Å². The van der Waals surface area contributed by atoms with Crippen molar-refractivity contribution in [3.05, 3.63) is 35.9 Å². The summed E-state index contributed by atoms with van der Waals surface area (Å²) in [6.07, 6.45) is 4.08. The molecule has 160 valence electrons. The van der Waals surface area contributed by atoms with Crippen LogP contribution in [0.3, 0.4) is 0 Å². The van der Waals surface area contributed by atoms with Gasteiger partial charge in [-0.15, -0.1) is 0 Å². The average molecular weight is 402 g/mol. The van der Waals surface area contributed by atoms with Gasteiger partial charge in [-0.1, -0.05) is 30.3 Å². The minimum Gasteiger partial charge on any atom is -0.450 e. The van der Waals surface area contributed by atoms with Crippen LogP contribution in [0.1, 0.15) is 38.2 Å². The number of hydrogen-bond donors (Lipinski definition) is 2. The Kier molecular flexibility index (Phi) is 8.16. The van der Waals surface area contributed by atoms with Gasteiger partial charge < -0.3 is 20.3 Å². The highest BCUT2D eigenvalue weighted by molar-refractivity contribution is 5.80. The lowest BCUT2D eigenvalue weighted by atomic mass is 10.1. The third kappa shape index (κ3) is 6.35. The highest BCUT2D eigenvalue weighted by Crippen LogP contribution is 2.19. The van der Waals surface area contributed by atoms with E-state index < -0.39 is 0 Å². The maximum atomic E-state index is 11.8. The van der Waals surface area contributed by atoms with Crippen LogP contribution in [0.2, 0.25) is 0 Å². The molecule has 1 aromatic carbocycles. The lowest BCUT2D eigenvalue weighted by Gasteiger charge is -2.32. The number of carbonyl (C=O) groups excluding carboxylic acids is 1. The molecule has 0 aromatic heterocycles. The number of benzene rings is 1. The van der Waals surface area contributed by atoms with Crippen LogP contribution in [0.4, 0.5) is 4.79 Å². The van der Waals surface area contributed by atoms with Crippen molar-refractivity contribution in [1.82, 2.24) is 20.4 Å². The van der Waals surface area contributed by atoms with Crippen molar-refractivity contribution in [2.45, 2.75) is 51.2 Å². The van der Waals surface area contributed by atoms with E-state index in [1.54, 1.807) is 4.90 Å². The summed E-state index contributed by atoms with van der Waals surface area (Å²) in [6.45, 7) is 6.77. The third-order valence-corrected chi connectivity index (χ3v) is 5.82. The van der Waals surface area contributed by atoms with Gasteiger partial charge >= 0.3 is 6.09 Å². The second kappa shape index (κ2) is 11.0. The van der Waals surface area contributed by atoms with Crippen molar-refractivity contribution in [3.8, 4) is 0 Å². The topological polar surface area (TPSA) is 69.2 Å². The molecule has 2 aliphatic rings. The van der Waals surface area contributed by atoms with Gasteiger partial charge in [0, 0.05) is 45.3 Å². The van der Waals surface area contributed by atoms with Crippen molar-refractivity contribution in [2.24, 2.45) is 4.99 Å². The summed E-state index contributed by atoms with van der Waals surface area (Å²) >= 11 is 0. The number of hydrogen-bond acceptors (Lipinski definition) is 4. The van der Waals surface area contributed by atoms with Crippen LogP contribution >= 0.6 is 0 Å². The number of rotatable bonds is 6. The Morgan fingerprint density at radius 3 is 2.62 bits per heavy atom. The van der Waals surface area contributed by atoms with Gasteiger partial charge in [-0.2, -0.15) is 0 Å². The summed E-state index contributed by atoms with van der Waals surface area (Å²) in [6, 6.07) is 11.5. The fourth-order valence-electron chi connectivity index (χ4n) is 4.18. The van der Waals surface area contributed by atoms with Crippen molar-refractivity contribution in [3.63, 3.8) is 0 Å². The van der Waals surface area contributed by atoms with Crippen LogP contribution in [-0.4, -0.2) is 73.8 Å². The molecule has 0 spiro atoms. The maximum Gasteiger partial charge on any atom is 0.409 e. The van der Waals surface area contributed by atoms with Gasteiger partial charge in [0.25, 0.3) is 0 Å². The number of amides is 1. The average Bonchev–Trinajstić information content (AvgIpc) is 3.19. The van der Waals surface area contributed by atoms with Crippen LogP contribution in [0, 0.1) is 0 Å². The number of likely N-dealkylation sites (tertiary alicyclic amines) is 2. The van der Waals surface area contributed by atoms with E-state index in [4.69, 9.17) is 4.74 Å². The Labute approximate surface area is 174 Å². The zero-order valence-corrected chi connectivity index (χ0v) is 17.8. The second-order valence-electron chi connectivity index (χ2n) is 7.81. The molecule has 7 nitrogen and oxygen atoms in total. The first-order chi connectivity index (χ1) is 14.2. The molecule has 1 aromatic rings. The van der Waals surface area contributed by atoms with E-state index >= 15 is 0 Å². The number of nitrogens with zero attached hydrogens (tertiary/aromatic N) is 3. The summed E-state index contributed by atoms with van der Waals surface area (Å²) < 4.78 is 5.09. The van der Waals surface area contributed by atoms with Gasteiger partial charge in [0.15, 0.2) is 5.96 Å². The zero-order valence-electron chi connectivity index (χ0n) is 17.8. The minimum atomic E-state index is -0.201. The summed E-state index contributed by atoms with van der Waals surface area (Å²) in [5.74, 6) is 0.853. The fourth-order valence-corrected chi connectivity index (χ4v) is 4.18. The van der Waals surface area contributed by atoms with E-state index in [-0.39, 0.29) is 6.09 Å². The lowest BCUT2D eigenvalue weighted by molar-refractivity contribution is 0.0963. The van der Waals surface area contributed by atoms with Crippen molar-refractivity contribution < 1.29 is 9.53 Å². The summed E-state index contributed by atoms with van der Waals surface area (Å²) in [4.78, 5) is 20.6. The molecule has 0 saturated carbocycles. The predicted molar refractivity (Wildman–Crippen MR) is 116 cm³/mol. The van der Waals surface area contributed by atoms with E-state index in [0.29, 0.717) is 18.7 Å². The number of guanidine groups is 1. The van der Waals surface area contributed by atoms with Gasteiger partial charge in [-0.3, -0.25) is 9.89 Å². The van der Waals surface area contributed by atoms with Crippen LogP contribution in [-0.2, 0) is 11.3 Å². The molecule has 0 bridgehead atoms. The number of carbonyl (C=O) groups is 1. The number of ether oxygens (including phenoxy) is 1. The molecule has 2 N–H and O–H groups in total. The van der Waals surface area contributed by atoms with Crippen molar-refractivity contribution in [1.29, 1.82) is 0 Å². The molecule has 0 aliphatic carbocycles. The van der Waals surface area contributed by atoms with E-state index in [1.807, 2.05) is 14.0 Å². The highest BCUT2D eigenvalue weighted by atomic mass is 16.6. The fraction of sp³-hybridized carbons (Fsp3) is 0.636. The lowest BCUT2D eigenvalue weighted by Crippen LogP contribution is -2.51. The smallest absolute Gasteiger partial charge is 0.409 e. The van der Waals surface area contributed by atoms with Gasteiger partial charge in [0.2, 0.25) is 0 Å². The Bertz CT molecular complexity index is 658. The zero-order chi connectivity index (χ0) is 20.5. The molecular weight excluding hydrogens is 366 g/mol. The Balaban J connectivity index is 1.42. The molecule has 2 aliphatic heterocycles. The summed E-state index contributed by atoms with van der Waals surface area (Å²) in [5.41, 5.74) is 1.37. The number of piperidine rings is 1. The molecule has 1 atom stereocenters. The molecule has 2 saturated heterocycles. The third-order valence-electron chi connectivity index (χ3n) is 5.82. The summed E-state index contributed by atoms with van der Waals surface area (Å²) in [7, 11) is 1.82. The van der Waals surface area contributed by atoms with E-state index in [9.17, 15) is 4.79 Å². The van der Waals surface area contributed by atoms with Gasteiger partial charge in [-0.05, 0) is 44.7 Å². The molecular formula is C22H35N5O2.